The number of halogens is 2. The van der Waals surface area contributed by atoms with Gasteiger partial charge in [-0.25, -0.2) is 0 Å². The Kier molecular flexibility index (Phi) is 4.89. The van der Waals surface area contributed by atoms with E-state index in [0.29, 0.717) is 0 Å². The molecule has 0 heterocycles. The fraction of sp³-hybridized carbons (Fsp3) is 0.250. The van der Waals surface area contributed by atoms with Gasteiger partial charge in [0.25, 0.3) is 0 Å². The van der Waals surface area contributed by atoms with E-state index >= 15 is 0 Å². The van der Waals surface area contributed by atoms with E-state index < -0.39 is 0 Å². The number of benzene rings is 2. The summed E-state index contributed by atoms with van der Waals surface area (Å²) >= 11 is 9.69. The van der Waals surface area contributed by atoms with E-state index in [1.54, 1.807) is 0 Å². The van der Waals surface area contributed by atoms with Crippen LogP contribution >= 0.6 is 27.5 Å². The van der Waals surface area contributed by atoms with Crippen LogP contribution in [0, 0.1) is 6.92 Å². The molecule has 0 spiro atoms. The van der Waals surface area contributed by atoms with Crippen molar-refractivity contribution in [2.75, 3.05) is 11.9 Å². The quantitative estimate of drug-likeness (QED) is 0.694. The van der Waals surface area contributed by atoms with Crippen molar-refractivity contribution in [1.29, 1.82) is 0 Å². The summed E-state index contributed by atoms with van der Waals surface area (Å²) in [6.07, 6.45) is 0. The predicted molar refractivity (Wildman–Crippen MR) is 87.4 cm³/mol. The zero-order chi connectivity index (χ0) is 13.8. The standard InChI is InChI=1S/C16H17BrClN/c1-12-5-3-4-6-14(12)11-19(2)15-8-7-13(10-17)16(18)9-15/h3-9H,10-11H2,1-2H3. The number of alkyl halides is 1. The zero-order valence-corrected chi connectivity index (χ0v) is 13.5. The normalized spacial score (nSPS) is 10.5. The van der Waals surface area contributed by atoms with Gasteiger partial charge in [0.2, 0.25) is 0 Å². The predicted octanol–water partition coefficient (Wildman–Crippen LogP) is 5.18. The molecule has 0 aliphatic heterocycles. The van der Waals surface area contributed by atoms with Gasteiger partial charge >= 0.3 is 0 Å². The molecular weight excluding hydrogens is 322 g/mol. The molecule has 2 rings (SSSR count). The minimum atomic E-state index is 0.785. The van der Waals surface area contributed by atoms with E-state index in [-0.39, 0.29) is 0 Å². The summed E-state index contributed by atoms with van der Waals surface area (Å²) < 4.78 is 0. The molecule has 2 aromatic carbocycles. The molecule has 0 radical (unpaired) electrons. The monoisotopic (exact) mass is 337 g/mol. The first-order chi connectivity index (χ1) is 9.11. The topological polar surface area (TPSA) is 3.24 Å². The number of rotatable bonds is 4. The second-order valence-corrected chi connectivity index (χ2v) is 5.66. The SMILES string of the molecule is Cc1ccccc1CN(C)c1ccc(CBr)c(Cl)c1. The summed E-state index contributed by atoms with van der Waals surface area (Å²) in [6, 6.07) is 14.7. The molecule has 0 bridgehead atoms. The molecular formula is C16H17BrClN. The summed E-state index contributed by atoms with van der Waals surface area (Å²) in [4.78, 5) is 2.21. The number of nitrogens with zero attached hydrogens (tertiary/aromatic N) is 1. The molecule has 0 aliphatic rings. The third-order valence-electron chi connectivity index (χ3n) is 3.29. The third-order valence-corrected chi connectivity index (χ3v) is 4.25. The second-order valence-electron chi connectivity index (χ2n) is 4.69. The summed E-state index contributed by atoms with van der Waals surface area (Å²) in [5.74, 6) is 0. The first-order valence-electron chi connectivity index (χ1n) is 6.22. The molecule has 0 amide bonds. The van der Waals surface area contributed by atoms with Crippen LogP contribution in [0.2, 0.25) is 5.02 Å². The minimum Gasteiger partial charge on any atom is -0.370 e. The molecule has 100 valence electrons. The van der Waals surface area contributed by atoms with Gasteiger partial charge in [0.15, 0.2) is 0 Å². The number of hydrogen-bond donors (Lipinski definition) is 0. The van der Waals surface area contributed by atoms with Gasteiger partial charge in [0.1, 0.15) is 0 Å². The lowest BCUT2D eigenvalue weighted by atomic mass is 10.1. The van der Waals surface area contributed by atoms with Crippen molar-refractivity contribution in [2.24, 2.45) is 0 Å². The van der Waals surface area contributed by atoms with Crippen molar-refractivity contribution in [3.05, 3.63) is 64.2 Å². The van der Waals surface area contributed by atoms with Gasteiger partial charge in [-0.1, -0.05) is 57.9 Å². The lowest BCUT2D eigenvalue weighted by Gasteiger charge is -2.21. The largest absolute Gasteiger partial charge is 0.370 e. The Hall–Kier alpha value is -0.990. The van der Waals surface area contributed by atoms with Crippen LogP contribution in [0.5, 0.6) is 0 Å². The van der Waals surface area contributed by atoms with Crippen LogP contribution in [-0.4, -0.2) is 7.05 Å². The van der Waals surface area contributed by atoms with Gasteiger partial charge in [-0.15, -0.1) is 0 Å². The smallest absolute Gasteiger partial charge is 0.0467 e. The van der Waals surface area contributed by atoms with Gasteiger partial charge in [-0.05, 0) is 35.7 Å². The van der Waals surface area contributed by atoms with Gasteiger partial charge in [0, 0.05) is 29.6 Å². The van der Waals surface area contributed by atoms with E-state index in [1.165, 1.54) is 11.1 Å². The lowest BCUT2D eigenvalue weighted by Crippen LogP contribution is -2.17. The Morgan fingerprint density at radius 1 is 1.11 bits per heavy atom. The van der Waals surface area contributed by atoms with Gasteiger partial charge in [-0.3, -0.25) is 0 Å². The molecule has 0 aromatic heterocycles. The fourth-order valence-electron chi connectivity index (χ4n) is 2.02. The Morgan fingerprint density at radius 3 is 2.47 bits per heavy atom. The van der Waals surface area contributed by atoms with Crippen LogP contribution in [0.1, 0.15) is 16.7 Å². The summed E-state index contributed by atoms with van der Waals surface area (Å²) in [6.45, 7) is 3.03. The highest BCUT2D eigenvalue weighted by atomic mass is 79.9. The maximum Gasteiger partial charge on any atom is 0.0467 e. The van der Waals surface area contributed by atoms with E-state index in [1.807, 2.05) is 6.07 Å². The zero-order valence-electron chi connectivity index (χ0n) is 11.2. The van der Waals surface area contributed by atoms with E-state index in [4.69, 9.17) is 11.6 Å². The lowest BCUT2D eigenvalue weighted by molar-refractivity contribution is 0.914. The first-order valence-corrected chi connectivity index (χ1v) is 7.72. The maximum absolute atomic E-state index is 6.25. The van der Waals surface area contributed by atoms with Crippen LogP contribution in [0.15, 0.2) is 42.5 Å². The highest BCUT2D eigenvalue weighted by Crippen LogP contribution is 2.25. The number of aryl methyl sites for hydroxylation is 1. The van der Waals surface area contributed by atoms with Crippen molar-refractivity contribution in [3.63, 3.8) is 0 Å². The van der Waals surface area contributed by atoms with Crippen LogP contribution in [0.3, 0.4) is 0 Å². The molecule has 19 heavy (non-hydrogen) atoms. The average molecular weight is 339 g/mol. The molecule has 0 saturated carbocycles. The van der Waals surface area contributed by atoms with Crippen molar-refractivity contribution < 1.29 is 0 Å². The van der Waals surface area contributed by atoms with E-state index in [9.17, 15) is 0 Å². The van der Waals surface area contributed by atoms with E-state index in [0.717, 1.165) is 28.1 Å². The Labute approximate surface area is 128 Å². The molecule has 0 fully saturated rings. The molecule has 0 N–H and O–H groups in total. The van der Waals surface area contributed by atoms with Gasteiger partial charge < -0.3 is 4.90 Å². The fourth-order valence-corrected chi connectivity index (χ4v) is 2.91. The van der Waals surface area contributed by atoms with Crippen LogP contribution < -0.4 is 4.90 Å². The molecule has 0 atom stereocenters. The van der Waals surface area contributed by atoms with Crippen molar-refractivity contribution in [1.82, 2.24) is 0 Å². The van der Waals surface area contributed by atoms with Crippen molar-refractivity contribution in [3.8, 4) is 0 Å². The molecule has 0 unspecified atom stereocenters. The van der Waals surface area contributed by atoms with Crippen LogP contribution in [-0.2, 0) is 11.9 Å². The first kappa shape index (κ1) is 14.4. The Bertz CT molecular complexity index is 568. The summed E-state index contributed by atoms with van der Waals surface area (Å²) in [7, 11) is 2.09. The Morgan fingerprint density at radius 2 is 1.84 bits per heavy atom. The third kappa shape index (κ3) is 3.52. The van der Waals surface area contributed by atoms with E-state index in [2.05, 4.69) is 71.2 Å². The molecule has 0 saturated heterocycles. The molecule has 3 heteroatoms. The maximum atomic E-state index is 6.25. The van der Waals surface area contributed by atoms with Crippen LogP contribution in [0.4, 0.5) is 5.69 Å². The molecule has 2 aromatic rings. The van der Waals surface area contributed by atoms with Crippen LogP contribution in [0.25, 0.3) is 0 Å². The summed E-state index contributed by atoms with van der Waals surface area (Å²) in [5, 5.41) is 1.60. The van der Waals surface area contributed by atoms with Crippen molar-refractivity contribution >= 4 is 33.2 Å². The van der Waals surface area contributed by atoms with Gasteiger partial charge in [-0.2, -0.15) is 0 Å². The second kappa shape index (κ2) is 6.44. The summed E-state index contributed by atoms with van der Waals surface area (Å²) in [5.41, 5.74) is 4.91. The number of hydrogen-bond acceptors (Lipinski definition) is 1. The Balaban J connectivity index is 2.18. The average Bonchev–Trinajstić information content (AvgIpc) is 2.41. The molecule has 1 nitrogen and oxygen atoms in total. The highest BCUT2D eigenvalue weighted by molar-refractivity contribution is 9.08. The van der Waals surface area contributed by atoms with Crippen molar-refractivity contribution in [2.45, 2.75) is 18.8 Å². The minimum absolute atomic E-state index is 0.785. The van der Waals surface area contributed by atoms with Gasteiger partial charge in [0.05, 0.1) is 0 Å². The molecule has 0 aliphatic carbocycles. The number of anilines is 1. The highest BCUT2D eigenvalue weighted by Gasteiger charge is 2.06.